The van der Waals surface area contributed by atoms with Crippen LogP contribution in [0.15, 0.2) is 47.4 Å². The number of sulfonamides is 1. The maximum Gasteiger partial charge on any atom is 0.243 e. The van der Waals surface area contributed by atoms with Crippen molar-refractivity contribution in [3.05, 3.63) is 59.2 Å². The minimum absolute atomic E-state index is 0.0690. The summed E-state index contributed by atoms with van der Waals surface area (Å²) in [5.74, 6) is -0.354. The molecular formula is C22H26N2O4S. The molecule has 1 heterocycles. The number of rotatable bonds is 7. The summed E-state index contributed by atoms with van der Waals surface area (Å²) in [6, 6.07) is 11.7. The highest BCUT2D eigenvalue weighted by Crippen LogP contribution is 2.22. The van der Waals surface area contributed by atoms with Gasteiger partial charge in [0.25, 0.3) is 0 Å². The van der Waals surface area contributed by atoms with E-state index in [0.29, 0.717) is 24.3 Å². The smallest absolute Gasteiger partial charge is 0.243 e. The van der Waals surface area contributed by atoms with Crippen molar-refractivity contribution < 1.29 is 18.0 Å². The van der Waals surface area contributed by atoms with Gasteiger partial charge in [-0.05, 0) is 68.1 Å². The van der Waals surface area contributed by atoms with Crippen molar-refractivity contribution in [2.75, 3.05) is 18.4 Å². The number of ketones is 1. The molecule has 2 aromatic rings. The fourth-order valence-corrected chi connectivity index (χ4v) is 4.81. The predicted molar refractivity (Wildman–Crippen MR) is 113 cm³/mol. The van der Waals surface area contributed by atoms with Gasteiger partial charge < -0.3 is 5.32 Å². The van der Waals surface area contributed by atoms with E-state index in [4.69, 9.17) is 0 Å². The Hall–Kier alpha value is -2.51. The topological polar surface area (TPSA) is 83.5 Å². The number of benzene rings is 2. The second kappa shape index (κ2) is 8.88. The van der Waals surface area contributed by atoms with E-state index in [1.807, 2.05) is 26.0 Å². The van der Waals surface area contributed by atoms with Gasteiger partial charge in [0.05, 0.1) is 4.90 Å². The minimum Gasteiger partial charge on any atom is -0.326 e. The zero-order chi connectivity index (χ0) is 21.0. The van der Waals surface area contributed by atoms with Gasteiger partial charge in [-0.25, -0.2) is 8.42 Å². The van der Waals surface area contributed by atoms with E-state index in [2.05, 4.69) is 5.32 Å². The quantitative estimate of drug-likeness (QED) is 0.701. The van der Waals surface area contributed by atoms with Crippen LogP contribution in [0.4, 0.5) is 5.69 Å². The molecule has 1 amide bonds. The average Bonchev–Trinajstić information content (AvgIpc) is 3.24. The van der Waals surface area contributed by atoms with Crippen LogP contribution in [-0.4, -0.2) is 37.5 Å². The summed E-state index contributed by atoms with van der Waals surface area (Å²) in [6.45, 7) is 5.04. The molecule has 1 fully saturated rings. The number of nitrogens with zero attached hydrogens (tertiary/aromatic N) is 1. The molecule has 0 unspecified atom stereocenters. The Morgan fingerprint density at radius 3 is 2.21 bits per heavy atom. The third-order valence-corrected chi connectivity index (χ3v) is 7.16. The van der Waals surface area contributed by atoms with Crippen molar-refractivity contribution in [2.45, 2.75) is 44.4 Å². The lowest BCUT2D eigenvalue weighted by Gasteiger charge is -2.15. The summed E-state index contributed by atoms with van der Waals surface area (Å²) in [6.07, 6.45) is 1.96. The van der Waals surface area contributed by atoms with Gasteiger partial charge in [-0.2, -0.15) is 4.31 Å². The second-order valence-corrected chi connectivity index (χ2v) is 9.34. The van der Waals surface area contributed by atoms with Gasteiger partial charge in [0, 0.05) is 37.2 Å². The molecule has 0 atom stereocenters. The lowest BCUT2D eigenvalue weighted by Crippen LogP contribution is -2.27. The van der Waals surface area contributed by atoms with Crippen molar-refractivity contribution in [3.63, 3.8) is 0 Å². The Bertz CT molecular complexity index is 1010. The number of hydrogen-bond acceptors (Lipinski definition) is 4. The van der Waals surface area contributed by atoms with E-state index in [1.165, 1.54) is 16.4 Å². The lowest BCUT2D eigenvalue weighted by molar-refractivity contribution is -0.116. The summed E-state index contributed by atoms with van der Waals surface area (Å²) in [5.41, 5.74) is 3.28. The van der Waals surface area contributed by atoms with Crippen molar-refractivity contribution >= 4 is 27.4 Å². The molecule has 1 aliphatic rings. The van der Waals surface area contributed by atoms with E-state index in [-0.39, 0.29) is 29.4 Å². The van der Waals surface area contributed by atoms with Crippen LogP contribution in [0.2, 0.25) is 0 Å². The fourth-order valence-electron chi connectivity index (χ4n) is 3.30. The summed E-state index contributed by atoms with van der Waals surface area (Å²) in [4.78, 5) is 24.7. The molecular weight excluding hydrogens is 388 g/mol. The van der Waals surface area contributed by atoms with E-state index >= 15 is 0 Å². The number of carbonyl (C=O) groups is 2. The van der Waals surface area contributed by atoms with E-state index in [1.54, 1.807) is 18.2 Å². The van der Waals surface area contributed by atoms with Crippen LogP contribution in [-0.2, 0) is 14.8 Å². The molecule has 1 saturated heterocycles. The number of nitrogens with one attached hydrogen (secondary N) is 1. The van der Waals surface area contributed by atoms with Crippen LogP contribution in [0.3, 0.4) is 0 Å². The molecule has 0 saturated carbocycles. The highest BCUT2D eigenvalue weighted by Gasteiger charge is 2.26. The summed E-state index contributed by atoms with van der Waals surface area (Å²) in [7, 11) is -3.47. The second-order valence-electron chi connectivity index (χ2n) is 7.41. The number of Topliss-reactive ketones (excluding diaryl/α,β-unsaturated/α-hetero) is 1. The highest BCUT2D eigenvalue weighted by atomic mass is 32.2. The fraction of sp³-hybridized carbons (Fsp3) is 0.364. The summed E-state index contributed by atoms with van der Waals surface area (Å²) in [5, 5.41) is 2.72. The molecule has 0 bridgehead atoms. The van der Waals surface area contributed by atoms with Gasteiger partial charge >= 0.3 is 0 Å². The predicted octanol–water partition coefficient (Wildman–Crippen LogP) is 3.69. The van der Waals surface area contributed by atoms with E-state index in [9.17, 15) is 18.0 Å². The molecule has 2 aromatic carbocycles. The first kappa shape index (κ1) is 21.2. The van der Waals surface area contributed by atoms with E-state index < -0.39 is 10.0 Å². The first-order valence-electron chi connectivity index (χ1n) is 9.78. The zero-order valence-corrected chi connectivity index (χ0v) is 17.6. The molecule has 6 nitrogen and oxygen atoms in total. The third kappa shape index (κ3) is 5.10. The lowest BCUT2D eigenvalue weighted by atomic mass is 10.0. The maximum atomic E-state index is 12.5. The van der Waals surface area contributed by atoms with Crippen molar-refractivity contribution in [2.24, 2.45) is 0 Å². The maximum absolute atomic E-state index is 12.5. The molecule has 29 heavy (non-hydrogen) atoms. The number of amides is 1. The summed E-state index contributed by atoms with van der Waals surface area (Å²) >= 11 is 0. The molecule has 0 aliphatic carbocycles. The number of hydrogen-bond donors (Lipinski definition) is 1. The number of carbonyl (C=O) groups excluding carboxylic acids is 2. The third-order valence-electron chi connectivity index (χ3n) is 5.25. The molecule has 0 radical (unpaired) electrons. The zero-order valence-electron chi connectivity index (χ0n) is 16.8. The van der Waals surface area contributed by atoms with Crippen LogP contribution >= 0.6 is 0 Å². The van der Waals surface area contributed by atoms with Gasteiger partial charge in [0.1, 0.15) is 0 Å². The molecule has 1 N–H and O–H groups in total. The van der Waals surface area contributed by atoms with Gasteiger partial charge in [0.15, 0.2) is 5.78 Å². The summed E-state index contributed by atoms with van der Waals surface area (Å²) < 4.78 is 26.5. The largest absolute Gasteiger partial charge is 0.326 e. The van der Waals surface area contributed by atoms with Crippen LogP contribution < -0.4 is 5.32 Å². The molecule has 3 rings (SSSR count). The van der Waals surface area contributed by atoms with Crippen molar-refractivity contribution in [3.8, 4) is 0 Å². The van der Waals surface area contributed by atoms with Gasteiger partial charge in [-0.3, -0.25) is 9.59 Å². The Morgan fingerprint density at radius 2 is 1.59 bits per heavy atom. The average molecular weight is 415 g/mol. The van der Waals surface area contributed by atoms with Crippen molar-refractivity contribution in [1.29, 1.82) is 0 Å². The number of anilines is 1. The SMILES string of the molecule is Cc1ccc(C(=O)CCC(=O)Nc2ccc(S(=O)(=O)N3CCCC3)cc2)cc1C. The molecule has 7 heteroatoms. The highest BCUT2D eigenvalue weighted by molar-refractivity contribution is 7.89. The van der Waals surface area contributed by atoms with Gasteiger partial charge in [0.2, 0.25) is 15.9 Å². The van der Waals surface area contributed by atoms with Crippen LogP contribution in [0.1, 0.15) is 47.2 Å². The van der Waals surface area contributed by atoms with Crippen molar-refractivity contribution in [1.82, 2.24) is 4.31 Å². The molecule has 0 spiro atoms. The van der Waals surface area contributed by atoms with Crippen LogP contribution in [0.5, 0.6) is 0 Å². The standard InChI is InChI=1S/C22H26N2O4S/c1-16-5-6-18(15-17(16)2)21(25)11-12-22(26)23-19-7-9-20(10-8-19)29(27,28)24-13-3-4-14-24/h5-10,15H,3-4,11-14H2,1-2H3,(H,23,26). The first-order valence-corrected chi connectivity index (χ1v) is 11.2. The Balaban J connectivity index is 1.55. The van der Waals surface area contributed by atoms with E-state index in [0.717, 1.165) is 24.0 Å². The minimum atomic E-state index is -3.47. The van der Waals surface area contributed by atoms with Crippen LogP contribution in [0.25, 0.3) is 0 Å². The van der Waals surface area contributed by atoms with Crippen LogP contribution in [0, 0.1) is 13.8 Å². The first-order chi connectivity index (χ1) is 13.8. The van der Waals surface area contributed by atoms with Gasteiger partial charge in [-0.15, -0.1) is 0 Å². The Labute approximate surface area is 172 Å². The molecule has 0 aromatic heterocycles. The normalized spacial score (nSPS) is 14.7. The Kier molecular flexibility index (Phi) is 6.49. The molecule has 1 aliphatic heterocycles. The monoisotopic (exact) mass is 414 g/mol. The number of aryl methyl sites for hydroxylation is 2. The Morgan fingerprint density at radius 1 is 0.931 bits per heavy atom. The molecule has 154 valence electrons. The van der Waals surface area contributed by atoms with Gasteiger partial charge in [-0.1, -0.05) is 12.1 Å².